The second-order valence-corrected chi connectivity index (χ2v) is 5.42. The van der Waals surface area contributed by atoms with Gasteiger partial charge >= 0.3 is 11.6 Å². The Morgan fingerprint density at radius 3 is 2.57 bits per heavy atom. The SMILES string of the molecule is Cc1cc(=O)oc2c3c(ccc12)OC(=O)C3=Cc1ccccc1. The first-order valence-electron chi connectivity index (χ1n) is 7.20. The molecule has 0 bridgehead atoms. The minimum Gasteiger partial charge on any atom is -0.422 e. The smallest absolute Gasteiger partial charge is 0.344 e. The third-order valence-electron chi connectivity index (χ3n) is 3.88. The summed E-state index contributed by atoms with van der Waals surface area (Å²) in [5, 5.41) is 0.792. The predicted molar refractivity (Wildman–Crippen MR) is 87.2 cm³/mol. The van der Waals surface area contributed by atoms with Crippen molar-refractivity contribution in [2.45, 2.75) is 6.92 Å². The molecule has 4 nitrogen and oxygen atoms in total. The molecule has 2 aromatic carbocycles. The fourth-order valence-corrected chi connectivity index (χ4v) is 2.81. The number of carbonyl (C=O) groups excluding carboxylic acids is 1. The van der Waals surface area contributed by atoms with Crippen LogP contribution in [0.15, 0.2) is 57.7 Å². The zero-order valence-corrected chi connectivity index (χ0v) is 12.3. The number of carbonyl (C=O) groups is 1. The highest BCUT2D eigenvalue weighted by atomic mass is 16.5. The van der Waals surface area contributed by atoms with Gasteiger partial charge in [-0.2, -0.15) is 0 Å². The fraction of sp³-hybridized carbons (Fsp3) is 0.0526. The lowest BCUT2D eigenvalue weighted by Gasteiger charge is -2.04. The van der Waals surface area contributed by atoms with Gasteiger partial charge in [0.15, 0.2) is 5.58 Å². The molecule has 1 aliphatic heterocycles. The first-order valence-corrected chi connectivity index (χ1v) is 7.20. The van der Waals surface area contributed by atoms with E-state index in [1.807, 2.05) is 37.3 Å². The zero-order valence-electron chi connectivity index (χ0n) is 12.3. The fourth-order valence-electron chi connectivity index (χ4n) is 2.81. The minimum atomic E-state index is -0.444. The molecule has 4 rings (SSSR count). The molecular formula is C19H12O4. The molecule has 0 saturated carbocycles. The molecule has 0 amide bonds. The summed E-state index contributed by atoms with van der Waals surface area (Å²) >= 11 is 0. The Balaban J connectivity index is 2.04. The van der Waals surface area contributed by atoms with Crippen LogP contribution < -0.4 is 10.4 Å². The van der Waals surface area contributed by atoms with Gasteiger partial charge in [-0.05, 0) is 36.3 Å². The Morgan fingerprint density at radius 1 is 1.00 bits per heavy atom. The van der Waals surface area contributed by atoms with Gasteiger partial charge in [0.05, 0.1) is 11.1 Å². The Morgan fingerprint density at radius 2 is 1.78 bits per heavy atom. The van der Waals surface area contributed by atoms with E-state index in [2.05, 4.69) is 0 Å². The lowest BCUT2D eigenvalue weighted by atomic mass is 10.00. The van der Waals surface area contributed by atoms with E-state index in [1.54, 1.807) is 18.2 Å². The van der Waals surface area contributed by atoms with Gasteiger partial charge in [-0.3, -0.25) is 0 Å². The molecule has 0 fully saturated rings. The summed E-state index contributed by atoms with van der Waals surface area (Å²) in [6.07, 6.45) is 1.75. The second kappa shape index (κ2) is 4.95. The van der Waals surface area contributed by atoms with Crippen molar-refractivity contribution in [1.29, 1.82) is 0 Å². The largest absolute Gasteiger partial charge is 0.422 e. The maximum absolute atomic E-state index is 12.2. The molecule has 0 radical (unpaired) electrons. The van der Waals surface area contributed by atoms with Crippen LogP contribution in [0.1, 0.15) is 16.7 Å². The maximum Gasteiger partial charge on any atom is 0.344 e. The van der Waals surface area contributed by atoms with Crippen LogP contribution in [0, 0.1) is 6.92 Å². The summed E-state index contributed by atoms with van der Waals surface area (Å²) in [5.74, 6) is -0.0288. The molecule has 2 heterocycles. The summed E-state index contributed by atoms with van der Waals surface area (Å²) in [5.41, 5.74) is 2.56. The van der Waals surface area contributed by atoms with Crippen molar-refractivity contribution in [3.8, 4) is 5.75 Å². The van der Waals surface area contributed by atoms with Crippen molar-refractivity contribution in [1.82, 2.24) is 0 Å². The highest BCUT2D eigenvalue weighted by Crippen LogP contribution is 2.40. The first kappa shape index (κ1) is 13.5. The van der Waals surface area contributed by atoms with Crippen LogP contribution in [0.4, 0.5) is 0 Å². The van der Waals surface area contributed by atoms with Crippen molar-refractivity contribution in [2.24, 2.45) is 0 Å². The molecule has 4 heteroatoms. The second-order valence-electron chi connectivity index (χ2n) is 5.42. The lowest BCUT2D eigenvalue weighted by molar-refractivity contribution is -0.126. The molecule has 0 aliphatic carbocycles. The highest BCUT2D eigenvalue weighted by Gasteiger charge is 2.30. The third-order valence-corrected chi connectivity index (χ3v) is 3.88. The van der Waals surface area contributed by atoms with E-state index in [4.69, 9.17) is 9.15 Å². The van der Waals surface area contributed by atoms with Gasteiger partial charge < -0.3 is 9.15 Å². The van der Waals surface area contributed by atoms with Crippen molar-refractivity contribution >= 4 is 28.6 Å². The third kappa shape index (κ3) is 2.16. The van der Waals surface area contributed by atoms with Gasteiger partial charge in [0.25, 0.3) is 0 Å². The van der Waals surface area contributed by atoms with Crippen LogP contribution in [-0.4, -0.2) is 5.97 Å². The quantitative estimate of drug-likeness (QED) is 0.298. The summed E-state index contributed by atoms with van der Waals surface area (Å²) in [7, 11) is 0. The summed E-state index contributed by atoms with van der Waals surface area (Å²) in [4.78, 5) is 24.0. The number of esters is 1. The first-order chi connectivity index (χ1) is 11.1. The molecular weight excluding hydrogens is 292 g/mol. The van der Waals surface area contributed by atoms with Crippen LogP contribution in [0.5, 0.6) is 5.75 Å². The van der Waals surface area contributed by atoms with Crippen molar-refractivity contribution in [3.63, 3.8) is 0 Å². The minimum absolute atomic E-state index is 0.389. The number of fused-ring (bicyclic) bond motifs is 3. The van der Waals surface area contributed by atoms with E-state index in [9.17, 15) is 9.59 Å². The Bertz CT molecular complexity index is 1030. The van der Waals surface area contributed by atoms with Gasteiger partial charge in [-0.15, -0.1) is 0 Å². The van der Waals surface area contributed by atoms with Crippen molar-refractivity contribution in [2.75, 3.05) is 0 Å². The number of aryl methyl sites for hydroxylation is 1. The molecule has 112 valence electrons. The van der Waals surface area contributed by atoms with E-state index in [-0.39, 0.29) is 0 Å². The van der Waals surface area contributed by atoms with Gasteiger partial charge in [-0.1, -0.05) is 30.3 Å². The lowest BCUT2D eigenvalue weighted by Crippen LogP contribution is -2.01. The van der Waals surface area contributed by atoms with Crippen LogP contribution in [0.2, 0.25) is 0 Å². The van der Waals surface area contributed by atoms with Gasteiger partial charge in [0.1, 0.15) is 5.75 Å². The average molecular weight is 304 g/mol. The molecule has 3 aromatic rings. The Hall–Kier alpha value is -3.14. The monoisotopic (exact) mass is 304 g/mol. The molecule has 0 saturated heterocycles. The van der Waals surface area contributed by atoms with Crippen LogP contribution in [0.25, 0.3) is 22.6 Å². The topological polar surface area (TPSA) is 56.5 Å². The Labute approximate surface area is 131 Å². The van der Waals surface area contributed by atoms with Crippen LogP contribution in [-0.2, 0) is 4.79 Å². The number of rotatable bonds is 1. The summed E-state index contributed by atoms with van der Waals surface area (Å²) in [6, 6.07) is 14.4. The van der Waals surface area contributed by atoms with Gasteiger partial charge in [0.2, 0.25) is 0 Å². The van der Waals surface area contributed by atoms with E-state index >= 15 is 0 Å². The molecule has 0 spiro atoms. The van der Waals surface area contributed by atoms with E-state index < -0.39 is 11.6 Å². The molecule has 1 aromatic heterocycles. The summed E-state index contributed by atoms with van der Waals surface area (Å²) in [6.45, 7) is 1.84. The Kier molecular flexibility index (Phi) is 2.91. The number of hydrogen-bond acceptors (Lipinski definition) is 4. The van der Waals surface area contributed by atoms with Gasteiger partial charge in [-0.25, -0.2) is 9.59 Å². The predicted octanol–water partition coefficient (Wildman–Crippen LogP) is 3.56. The average Bonchev–Trinajstić information content (AvgIpc) is 2.84. The molecule has 23 heavy (non-hydrogen) atoms. The maximum atomic E-state index is 12.2. The molecule has 0 atom stereocenters. The van der Waals surface area contributed by atoms with Crippen molar-refractivity contribution in [3.05, 3.63) is 75.6 Å². The molecule has 0 unspecified atom stereocenters. The van der Waals surface area contributed by atoms with E-state index in [1.165, 1.54) is 6.07 Å². The van der Waals surface area contributed by atoms with Crippen molar-refractivity contribution < 1.29 is 13.9 Å². The van der Waals surface area contributed by atoms with Crippen LogP contribution in [0.3, 0.4) is 0 Å². The van der Waals surface area contributed by atoms with Gasteiger partial charge in [0, 0.05) is 11.5 Å². The summed E-state index contributed by atoms with van der Waals surface area (Å²) < 4.78 is 10.7. The standard InChI is InChI=1S/C19H12O4/c1-11-9-16(20)23-18-13(11)7-8-15-17(18)14(19(21)22-15)10-12-5-3-2-4-6-12/h2-10H,1H3. The molecule has 1 aliphatic rings. The molecule has 0 N–H and O–H groups in total. The van der Waals surface area contributed by atoms with Crippen LogP contribution >= 0.6 is 0 Å². The number of ether oxygens (including phenoxy) is 1. The van der Waals surface area contributed by atoms with E-state index in [0.717, 1.165) is 16.5 Å². The normalized spacial score (nSPS) is 15.0. The number of hydrogen-bond donors (Lipinski definition) is 0. The number of benzene rings is 2. The zero-order chi connectivity index (χ0) is 16.0. The highest BCUT2D eigenvalue weighted by molar-refractivity contribution is 6.28. The van der Waals surface area contributed by atoms with E-state index in [0.29, 0.717) is 22.5 Å².